The van der Waals surface area contributed by atoms with Crippen molar-refractivity contribution in [2.24, 2.45) is 0 Å². The average molecular weight is 396 g/mol. The summed E-state index contributed by atoms with van der Waals surface area (Å²) in [5, 5.41) is 10.5. The second-order valence-electron chi connectivity index (χ2n) is 5.70. The van der Waals surface area contributed by atoms with Crippen LogP contribution < -0.4 is 14.8 Å². The summed E-state index contributed by atoms with van der Waals surface area (Å²) < 4.78 is 17.6. The molecule has 3 rings (SSSR count). The molecule has 1 N–H and O–H groups in total. The van der Waals surface area contributed by atoms with Gasteiger partial charge in [-0.25, -0.2) is 0 Å². The highest BCUT2D eigenvalue weighted by Gasteiger charge is 2.17. The van der Waals surface area contributed by atoms with E-state index < -0.39 is 0 Å². The van der Waals surface area contributed by atoms with E-state index in [4.69, 9.17) is 14.2 Å². The molecule has 7 nitrogen and oxygen atoms in total. The predicted molar refractivity (Wildman–Crippen MR) is 99.9 cm³/mol. The van der Waals surface area contributed by atoms with E-state index in [2.05, 4.69) is 15.5 Å². The van der Waals surface area contributed by atoms with E-state index in [1.807, 2.05) is 18.2 Å². The minimum atomic E-state index is -0.0529. The number of carbonyl (C=O) groups excluding carboxylic acids is 1. The summed E-state index contributed by atoms with van der Waals surface area (Å²) in [5.41, 5.74) is 2.59. The van der Waals surface area contributed by atoms with Crippen LogP contribution in [0.3, 0.4) is 0 Å². The van der Waals surface area contributed by atoms with Crippen LogP contribution in [0.2, 0.25) is 0 Å². The van der Waals surface area contributed by atoms with Crippen molar-refractivity contribution in [3.63, 3.8) is 0 Å². The molecule has 1 atom stereocenters. The zero-order valence-electron chi connectivity index (χ0n) is 14.5. The lowest BCUT2D eigenvalue weighted by Gasteiger charge is -2.15. The van der Waals surface area contributed by atoms with Crippen LogP contribution in [0.25, 0.3) is 0 Å². The van der Waals surface area contributed by atoms with Crippen LogP contribution >= 0.6 is 23.1 Å². The van der Waals surface area contributed by atoms with Crippen molar-refractivity contribution >= 4 is 29.0 Å². The Bertz CT molecular complexity index is 706. The lowest BCUT2D eigenvalue weighted by molar-refractivity contribution is -0.118. The fraction of sp³-hybridized carbons (Fsp3) is 0.471. The second-order valence-corrected chi connectivity index (χ2v) is 7.76. The van der Waals surface area contributed by atoms with Gasteiger partial charge in [0.25, 0.3) is 0 Å². The molecule has 140 valence electrons. The Labute approximate surface area is 160 Å². The van der Waals surface area contributed by atoms with E-state index in [0.717, 1.165) is 29.4 Å². The van der Waals surface area contributed by atoms with E-state index in [9.17, 15) is 4.79 Å². The molecule has 0 bridgehead atoms. The Morgan fingerprint density at radius 1 is 1.46 bits per heavy atom. The normalized spacial score (nSPS) is 16.4. The van der Waals surface area contributed by atoms with E-state index in [1.54, 1.807) is 12.6 Å². The molecule has 0 saturated carbocycles. The molecule has 1 unspecified atom stereocenters. The van der Waals surface area contributed by atoms with Gasteiger partial charge >= 0.3 is 0 Å². The standard InChI is InChI=1S/C17H21N3O4S2/c1-22-15-7-12(4-5-14(15)24-9-13-3-2-6-23-13)8-18-16(21)10-25-17-20-19-11-26-17/h4-5,7,11,13H,2-3,6,8-10H2,1H3,(H,18,21). The van der Waals surface area contributed by atoms with Crippen molar-refractivity contribution in [2.75, 3.05) is 26.1 Å². The summed E-state index contributed by atoms with van der Waals surface area (Å²) in [6, 6.07) is 5.67. The maximum atomic E-state index is 11.9. The zero-order chi connectivity index (χ0) is 18.2. The minimum absolute atomic E-state index is 0.0529. The van der Waals surface area contributed by atoms with Crippen LogP contribution in [0.1, 0.15) is 18.4 Å². The van der Waals surface area contributed by atoms with Gasteiger partial charge in [0.2, 0.25) is 5.91 Å². The van der Waals surface area contributed by atoms with Crippen LogP contribution in [-0.4, -0.2) is 48.3 Å². The fourth-order valence-corrected chi connectivity index (χ4v) is 3.82. The molecule has 1 aromatic carbocycles. The summed E-state index contributed by atoms with van der Waals surface area (Å²) in [4.78, 5) is 11.9. The average Bonchev–Trinajstić information content (AvgIpc) is 3.37. The summed E-state index contributed by atoms with van der Waals surface area (Å²) in [6.45, 7) is 1.76. The van der Waals surface area contributed by atoms with E-state index in [-0.39, 0.29) is 12.0 Å². The van der Waals surface area contributed by atoms with Crippen LogP contribution in [0.4, 0.5) is 0 Å². The third kappa shape index (κ3) is 5.58. The molecule has 1 saturated heterocycles. The van der Waals surface area contributed by atoms with Gasteiger partial charge in [0.1, 0.15) is 12.1 Å². The van der Waals surface area contributed by atoms with Crippen LogP contribution in [0.5, 0.6) is 11.5 Å². The molecule has 1 aromatic heterocycles. The van der Waals surface area contributed by atoms with Gasteiger partial charge in [-0.05, 0) is 30.5 Å². The monoisotopic (exact) mass is 395 g/mol. The molecule has 9 heteroatoms. The number of thioether (sulfide) groups is 1. The highest BCUT2D eigenvalue weighted by molar-refractivity contribution is 8.01. The molecular formula is C17H21N3O4S2. The first-order valence-corrected chi connectivity index (χ1v) is 10.2. The zero-order valence-corrected chi connectivity index (χ0v) is 16.1. The quantitative estimate of drug-likeness (QED) is 0.653. The number of aromatic nitrogens is 2. The van der Waals surface area contributed by atoms with Gasteiger partial charge in [-0.2, -0.15) is 0 Å². The first kappa shape index (κ1) is 18.9. The molecule has 0 radical (unpaired) electrons. The molecule has 0 spiro atoms. The van der Waals surface area contributed by atoms with Gasteiger partial charge in [0, 0.05) is 13.2 Å². The summed E-state index contributed by atoms with van der Waals surface area (Å²) >= 11 is 2.80. The van der Waals surface area contributed by atoms with Crippen molar-refractivity contribution in [3.05, 3.63) is 29.3 Å². The van der Waals surface area contributed by atoms with Crippen LogP contribution in [0.15, 0.2) is 28.0 Å². The number of rotatable bonds is 9. The highest BCUT2D eigenvalue weighted by atomic mass is 32.2. The lowest BCUT2D eigenvalue weighted by Crippen LogP contribution is -2.24. The first-order valence-electron chi connectivity index (χ1n) is 8.31. The van der Waals surface area contributed by atoms with Crippen LogP contribution in [0, 0.1) is 0 Å². The number of ether oxygens (including phenoxy) is 3. The van der Waals surface area contributed by atoms with Crippen molar-refractivity contribution in [3.8, 4) is 11.5 Å². The maximum Gasteiger partial charge on any atom is 0.230 e. The Morgan fingerprint density at radius 2 is 2.38 bits per heavy atom. The van der Waals surface area contributed by atoms with E-state index in [1.165, 1.54) is 23.1 Å². The van der Waals surface area contributed by atoms with Gasteiger partial charge < -0.3 is 19.5 Å². The Balaban J connectivity index is 1.47. The predicted octanol–water partition coefficient (Wildman–Crippen LogP) is 2.51. The number of benzene rings is 1. The van der Waals surface area contributed by atoms with E-state index in [0.29, 0.717) is 30.4 Å². The van der Waals surface area contributed by atoms with Gasteiger partial charge in [0.05, 0.1) is 19.0 Å². The summed E-state index contributed by atoms with van der Waals surface area (Å²) in [6.07, 6.45) is 2.27. The van der Waals surface area contributed by atoms with E-state index >= 15 is 0 Å². The Morgan fingerprint density at radius 3 is 3.12 bits per heavy atom. The first-order chi connectivity index (χ1) is 12.7. The molecule has 1 aliphatic rings. The van der Waals surface area contributed by atoms with Crippen LogP contribution in [-0.2, 0) is 16.1 Å². The molecule has 0 aliphatic carbocycles. The number of methoxy groups -OCH3 is 1. The number of hydrogen-bond donors (Lipinski definition) is 1. The van der Waals surface area contributed by atoms with Gasteiger partial charge in [-0.1, -0.05) is 29.2 Å². The number of nitrogens with zero attached hydrogens (tertiary/aromatic N) is 2. The minimum Gasteiger partial charge on any atom is -0.493 e. The fourth-order valence-electron chi connectivity index (χ4n) is 2.50. The number of hydrogen-bond acceptors (Lipinski definition) is 8. The van der Waals surface area contributed by atoms with Gasteiger partial charge in [0.15, 0.2) is 15.8 Å². The molecule has 2 heterocycles. The molecule has 26 heavy (non-hydrogen) atoms. The second kappa shape index (κ2) is 9.75. The van der Waals surface area contributed by atoms with Crippen molar-refractivity contribution < 1.29 is 19.0 Å². The molecular weight excluding hydrogens is 374 g/mol. The Hall–Kier alpha value is -1.84. The Kier molecular flexibility index (Phi) is 7.10. The lowest BCUT2D eigenvalue weighted by atomic mass is 10.2. The third-order valence-corrected chi connectivity index (χ3v) is 5.69. The molecule has 1 fully saturated rings. The van der Waals surface area contributed by atoms with Gasteiger partial charge in [-0.3, -0.25) is 4.79 Å². The molecule has 2 aromatic rings. The highest BCUT2D eigenvalue weighted by Crippen LogP contribution is 2.29. The molecule has 1 amide bonds. The van der Waals surface area contributed by atoms with Crippen molar-refractivity contribution in [2.45, 2.75) is 29.8 Å². The van der Waals surface area contributed by atoms with Crippen molar-refractivity contribution in [1.82, 2.24) is 15.5 Å². The number of nitrogens with one attached hydrogen (secondary N) is 1. The number of carbonyl (C=O) groups is 1. The topological polar surface area (TPSA) is 82.6 Å². The SMILES string of the molecule is COc1cc(CNC(=O)CSc2nncs2)ccc1OCC1CCCO1. The summed E-state index contributed by atoms with van der Waals surface area (Å²) in [7, 11) is 1.61. The molecule has 1 aliphatic heterocycles. The summed E-state index contributed by atoms with van der Waals surface area (Å²) in [5.74, 6) is 1.60. The van der Waals surface area contributed by atoms with Gasteiger partial charge in [-0.15, -0.1) is 10.2 Å². The van der Waals surface area contributed by atoms with Crippen molar-refractivity contribution in [1.29, 1.82) is 0 Å². The third-order valence-electron chi connectivity index (χ3n) is 3.83. The smallest absolute Gasteiger partial charge is 0.230 e. The maximum absolute atomic E-state index is 11.9. The largest absolute Gasteiger partial charge is 0.493 e. The number of amides is 1.